The van der Waals surface area contributed by atoms with Gasteiger partial charge >= 0.3 is 6.18 Å². The zero-order valence-corrected chi connectivity index (χ0v) is 13.9. The summed E-state index contributed by atoms with van der Waals surface area (Å²) in [6, 6.07) is 11.0. The van der Waals surface area contributed by atoms with Crippen molar-refractivity contribution >= 4 is 5.69 Å². The average molecular weight is 375 g/mol. The number of aromatic nitrogens is 2. The molecule has 0 aliphatic rings. The molecule has 0 atom stereocenters. The van der Waals surface area contributed by atoms with E-state index in [1.54, 1.807) is 6.92 Å². The van der Waals surface area contributed by atoms with Gasteiger partial charge < -0.3 is 0 Å². The van der Waals surface area contributed by atoms with E-state index < -0.39 is 22.2 Å². The van der Waals surface area contributed by atoms with Gasteiger partial charge in [0.2, 0.25) is 0 Å². The van der Waals surface area contributed by atoms with Gasteiger partial charge in [-0.1, -0.05) is 0 Å². The van der Waals surface area contributed by atoms with Gasteiger partial charge in [-0.15, -0.1) is 0 Å². The highest BCUT2D eigenvalue weighted by atomic mass is 19.4. The molecule has 0 unspecified atom stereocenters. The van der Waals surface area contributed by atoms with E-state index in [-0.39, 0.29) is 11.4 Å². The maximum absolute atomic E-state index is 12.7. The van der Waals surface area contributed by atoms with Crippen molar-refractivity contribution < 1.29 is 18.1 Å². The largest absolute Gasteiger partial charge is 0.416 e. The molecule has 0 fully saturated rings. The SMILES string of the molecule is Cc1nn(-c2ccc(C(F)(F)F)cc2)c(=O)cc1-c1ccc([N+](=O)[O-])cc1. The summed E-state index contributed by atoms with van der Waals surface area (Å²) in [6.07, 6.45) is -4.47. The van der Waals surface area contributed by atoms with Crippen LogP contribution in [0.5, 0.6) is 0 Å². The quantitative estimate of drug-likeness (QED) is 0.509. The van der Waals surface area contributed by atoms with E-state index in [1.807, 2.05) is 0 Å². The zero-order chi connectivity index (χ0) is 19.8. The van der Waals surface area contributed by atoms with Gasteiger partial charge in [0, 0.05) is 23.8 Å². The maximum Gasteiger partial charge on any atom is 0.416 e. The van der Waals surface area contributed by atoms with E-state index in [0.717, 1.165) is 16.8 Å². The maximum atomic E-state index is 12.7. The van der Waals surface area contributed by atoms with Crippen molar-refractivity contribution in [1.82, 2.24) is 9.78 Å². The number of halogens is 3. The summed E-state index contributed by atoms with van der Waals surface area (Å²) in [5.41, 5.74) is 0.268. The Labute approximate surface area is 150 Å². The summed E-state index contributed by atoms with van der Waals surface area (Å²) in [5, 5.41) is 14.9. The molecule has 2 aromatic carbocycles. The highest BCUT2D eigenvalue weighted by Crippen LogP contribution is 2.29. The summed E-state index contributed by atoms with van der Waals surface area (Å²) in [6.45, 7) is 1.64. The third-order valence-corrected chi connectivity index (χ3v) is 3.94. The molecule has 0 saturated heterocycles. The van der Waals surface area contributed by atoms with Crippen LogP contribution in [0.15, 0.2) is 59.4 Å². The van der Waals surface area contributed by atoms with Gasteiger partial charge in [0.25, 0.3) is 11.2 Å². The van der Waals surface area contributed by atoms with Gasteiger partial charge in [-0.2, -0.15) is 23.0 Å². The molecular formula is C18H12F3N3O3. The molecule has 0 amide bonds. The van der Waals surface area contributed by atoms with Gasteiger partial charge in [0.15, 0.2) is 0 Å². The van der Waals surface area contributed by atoms with Crippen LogP contribution in [-0.4, -0.2) is 14.7 Å². The zero-order valence-electron chi connectivity index (χ0n) is 13.9. The lowest BCUT2D eigenvalue weighted by molar-refractivity contribution is -0.384. The van der Waals surface area contributed by atoms with E-state index in [2.05, 4.69) is 5.10 Å². The van der Waals surface area contributed by atoms with E-state index in [0.29, 0.717) is 16.8 Å². The van der Waals surface area contributed by atoms with Crippen LogP contribution in [0.25, 0.3) is 16.8 Å². The summed E-state index contributed by atoms with van der Waals surface area (Å²) in [5.74, 6) is 0. The van der Waals surface area contributed by atoms with Crippen LogP contribution in [0.2, 0.25) is 0 Å². The molecule has 6 nitrogen and oxygen atoms in total. The second-order valence-electron chi connectivity index (χ2n) is 5.74. The number of benzene rings is 2. The molecule has 0 aliphatic carbocycles. The lowest BCUT2D eigenvalue weighted by Gasteiger charge is -2.11. The highest BCUT2D eigenvalue weighted by molar-refractivity contribution is 5.66. The Hall–Kier alpha value is -3.49. The van der Waals surface area contributed by atoms with E-state index in [9.17, 15) is 28.1 Å². The van der Waals surface area contributed by atoms with Gasteiger partial charge in [-0.3, -0.25) is 14.9 Å². The number of hydrogen-bond donors (Lipinski definition) is 0. The van der Waals surface area contributed by atoms with Crippen molar-refractivity contribution in [2.75, 3.05) is 0 Å². The lowest BCUT2D eigenvalue weighted by Crippen LogP contribution is -2.22. The molecule has 1 aromatic heterocycles. The van der Waals surface area contributed by atoms with Crippen LogP contribution >= 0.6 is 0 Å². The molecule has 138 valence electrons. The lowest BCUT2D eigenvalue weighted by atomic mass is 10.0. The number of aryl methyl sites for hydroxylation is 1. The van der Waals surface area contributed by atoms with Crippen molar-refractivity contribution in [3.05, 3.63) is 86.3 Å². The van der Waals surface area contributed by atoms with Gasteiger partial charge in [0.05, 0.1) is 21.9 Å². The Morgan fingerprint density at radius 1 is 1.04 bits per heavy atom. The fraction of sp³-hybridized carbons (Fsp3) is 0.111. The summed E-state index contributed by atoms with van der Waals surface area (Å²) in [4.78, 5) is 22.6. The predicted octanol–water partition coefficient (Wildman–Crippen LogP) is 4.13. The Kier molecular flexibility index (Phi) is 4.52. The predicted molar refractivity (Wildman–Crippen MR) is 91.7 cm³/mol. The molecule has 0 radical (unpaired) electrons. The van der Waals surface area contributed by atoms with Crippen LogP contribution in [0.4, 0.5) is 18.9 Å². The van der Waals surface area contributed by atoms with Crippen LogP contribution in [0.1, 0.15) is 11.3 Å². The Morgan fingerprint density at radius 3 is 2.15 bits per heavy atom. The first-order valence-corrected chi connectivity index (χ1v) is 7.70. The molecule has 3 aromatic rings. The number of non-ortho nitro benzene ring substituents is 1. The minimum Gasteiger partial charge on any atom is -0.267 e. The first kappa shape index (κ1) is 18.3. The van der Waals surface area contributed by atoms with E-state index in [4.69, 9.17) is 0 Å². The molecule has 3 rings (SSSR count). The number of nitro benzene ring substituents is 1. The fourth-order valence-electron chi connectivity index (χ4n) is 2.57. The summed E-state index contributed by atoms with van der Waals surface area (Å²) in [7, 11) is 0. The van der Waals surface area contributed by atoms with Gasteiger partial charge in [-0.25, -0.2) is 0 Å². The van der Waals surface area contributed by atoms with Crippen LogP contribution in [-0.2, 0) is 6.18 Å². The van der Waals surface area contributed by atoms with Gasteiger partial charge in [-0.05, 0) is 48.9 Å². The smallest absolute Gasteiger partial charge is 0.267 e. The first-order chi connectivity index (χ1) is 12.7. The third-order valence-electron chi connectivity index (χ3n) is 3.94. The average Bonchev–Trinajstić information content (AvgIpc) is 2.63. The van der Waals surface area contributed by atoms with Crippen LogP contribution in [0.3, 0.4) is 0 Å². The Morgan fingerprint density at radius 2 is 1.63 bits per heavy atom. The second kappa shape index (κ2) is 6.67. The van der Waals surface area contributed by atoms with Crippen LogP contribution in [0, 0.1) is 17.0 Å². The van der Waals surface area contributed by atoms with Crippen molar-refractivity contribution in [2.45, 2.75) is 13.1 Å². The molecule has 1 heterocycles. The van der Waals surface area contributed by atoms with Crippen molar-refractivity contribution in [2.24, 2.45) is 0 Å². The third kappa shape index (κ3) is 3.71. The number of nitrogens with zero attached hydrogens (tertiary/aromatic N) is 3. The van der Waals surface area contributed by atoms with Crippen LogP contribution < -0.4 is 5.56 Å². The molecule has 0 saturated carbocycles. The normalized spacial score (nSPS) is 11.4. The molecule has 0 bridgehead atoms. The second-order valence-corrected chi connectivity index (χ2v) is 5.74. The van der Waals surface area contributed by atoms with Crippen molar-refractivity contribution in [3.8, 4) is 16.8 Å². The summed E-state index contributed by atoms with van der Waals surface area (Å²) >= 11 is 0. The molecule has 0 aliphatic heterocycles. The number of nitro groups is 1. The Bertz CT molecular complexity index is 1060. The standard InChI is InChI=1S/C18H12F3N3O3/c1-11-16(12-2-6-15(7-3-12)24(26)27)10-17(25)23(22-11)14-8-4-13(5-9-14)18(19,20)21/h2-10H,1H3. The van der Waals surface area contributed by atoms with E-state index >= 15 is 0 Å². The molecule has 0 N–H and O–H groups in total. The number of rotatable bonds is 3. The minimum absolute atomic E-state index is 0.0811. The summed E-state index contributed by atoms with van der Waals surface area (Å²) < 4.78 is 39.0. The molecular weight excluding hydrogens is 363 g/mol. The number of alkyl halides is 3. The monoisotopic (exact) mass is 375 g/mol. The van der Waals surface area contributed by atoms with Crippen molar-refractivity contribution in [1.29, 1.82) is 0 Å². The molecule has 27 heavy (non-hydrogen) atoms. The fourth-order valence-corrected chi connectivity index (χ4v) is 2.57. The number of hydrogen-bond acceptors (Lipinski definition) is 4. The topological polar surface area (TPSA) is 78.0 Å². The van der Waals surface area contributed by atoms with E-state index in [1.165, 1.54) is 42.5 Å². The van der Waals surface area contributed by atoms with Gasteiger partial charge in [0.1, 0.15) is 0 Å². The Balaban J connectivity index is 2.00. The molecule has 0 spiro atoms. The minimum atomic E-state index is -4.47. The van der Waals surface area contributed by atoms with Crippen molar-refractivity contribution in [3.63, 3.8) is 0 Å². The highest BCUT2D eigenvalue weighted by Gasteiger charge is 2.30. The molecule has 9 heteroatoms. The first-order valence-electron chi connectivity index (χ1n) is 7.70.